The molecule has 25 heavy (non-hydrogen) atoms. The first-order chi connectivity index (χ1) is 11.9. The van der Waals surface area contributed by atoms with Gasteiger partial charge in [-0.3, -0.25) is 9.59 Å². The van der Waals surface area contributed by atoms with Gasteiger partial charge in [-0.1, -0.05) is 6.07 Å². The molecule has 1 aromatic carbocycles. The van der Waals surface area contributed by atoms with Crippen LogP contribution in [0.25, 0.3) is 10.9 Å². The van der Waals surface area contributed by atoms with E-state index in [4.69, 9.17) is 4.74 Å². The average Bonchev–Trinajstić information content (AvgIpc) is 2.92. The fourth-order valence-corrected chi connectivity index (χ4v) is 3.73. The predicted molar refractivity (Wildman–Crippen MR) is 97.7 cm³/mol. The average molecular weight is 342 g/mol. The Balaban J connectivity index is 1.78. The molecule has 0 spiro atoms. The van der Waals surface area contributed by atoms with E-state index in [0.29, 0.717) is 38.2 Å². The lowest BCUT2D eigenvalue weighted by atomic mass is 9.97. The lowest BCUT2D eigenvalue weighted by Gasteiger charge is -2.31. The zero-order chi connectivity index (χ0) is 18.1. The van der Waals surface area contributed by atoms with E-state index in [-0.39, 0.29) is 17.8 Å². The maximum atomic E-state index is 13.0. The van der Waals surface area contributed by atoms with Crippen LogP contribution in [0, 0.1) is 19.8 Å². The second-order valence-corrected chi connectivity index (χ2v) is 6.92. The molecule has 5 nitrogen and oxygen atoms in total. The highest BCUT2D eigenvalue weighted by atomic mass is 16.5. The van der Waals surface area contributed by atoms with Crippen LogP contribution in [0.1, 0.15) is 41.4 Å². The van der Waals surface area contributed by atoms with Crippen molar-refractivity contribution in [1.29, 1.82) is 0 Å². The van der Waals surface area contributed by atoms with Crippen molar-refractivity contribution in [3.63, 3.8) is 0 Å². The topological polar surface area (TPSA) is 51.5 Å². The van der Waals surface area contributed by atoms with Gasteiger partial charge in [0.05, 0.1) is 12.5 Å². The van der Waals surface area contributed by atoms with Gasteiger partial charge < -0.3 is 14.2 Å². The van der Waals surface area contributed by atoms with Crippen LogP contribution in [0.2, 0.25) is 0 Å². The normalized spacial score (nSPS) is 15.6. The second-order valence-electron chi connectivity index (χ2n) is 6.92. The minimum absolute atomic E-state index is 0.0399. The summed E-state index contributed by atoms with van der Waals surface area (Å²) in [7, 11) is 1.94. The number of aryl methyl sites for hydroxylation is 3. The first-order valence-electron chi connectivity index (χ1n) is 8.95. The van der Waals surface area contributed by atoms with E-state index in [9.17, 15) is 9.59 Å². The Morgan fingerprint density at radius 1 is 1.16 bits per heavy atom. The minimum Gasteiger partial charge on any atom is -0.466 e. The molecule has 1 saturated heterocycles. The third kappa shape index (κ3) is 3.28. The van der Waals surface area contributed by atoms with Gasteiger partial charge in [-0.05, 0) is 56.9 Å². The van der Waals surface area contributed by atoms with Crippen LogP contribution in [0.15, 0.2) is 18.2 Å². The molecule has 3 rings (SSSR count). The number of likely N-dealkylation sites (tertiary alicyclic amines) is 1. The summed E-state index contributed by atoms with van der Waals surface area (Å²) in [6, 6.07) is 6.25. The summed E-state index contributed by atoms with van der Waals surface area (Å²) < 4.78 is 7.08. The lowest BCUT2D eigenvalue weighted by molar-refractivity contribution is -0.149. The first-order valence-corrected chi connectivity index (χ1v) is 8.95. The van der Waals surface area contributed by atoms with E-state index in [2.05, 4.69) is 26.0 Å². The van der Waals surface area contributed by atoms with Gasteiger partial charge in [0.1, 0.15) is 5.69 Å². The van der Waals surface area contributed by atoms with Crippen LogP contribution in [0.3, 0.4) is 0 Å². The maximum absolute atomic E-state index is 13.0. The fraction of sp³-hybridized carbons (Fsp3) is 0.500. The van der Waals surface area contributed by atoms with Gasteiger partial charge in [-0.15, -0.1) is 0 Å². The van der Waals surface area contributed by atoms with E-state index in [1.807, 2.05) is 29.5 Å². The molecule has 134 valence electrons. The number of ether oxygens (including phenoxy) is 1. The highest BCUT2D eigenvalue weighted by molar-refractivity contribution is 5.99. The molecular weight excluding hydrogens is 316 g/mol. The molecule has 0 unspecified atom stereocenters. The molecule has 0 aliphatic carbocycles. The Labute approximate surface area is 148 Å². The Bertz CT molecular complexity index is 814. The number of hydrogen-bond acceptors (Lipinski definition) is 3. The fourth-order valence-electron chi connectivity index (χ4n) is 3.73. The zero-order valence-electron chi connectivity index (χ0n) is 15.5. The number of hydrogen-bond donors (Lipinski definition) is 0. The Morgan fingerprint density at radius 3 is 2.48 bits per heavy atom. The number of rotatable bonds is 3. The quantitative estimate of drug-likeness (QED) is 0.805. The van der Waals surface area contributed by atoms with Crippen LogP contribution in [-0.2, 0) is 16.6 Å². The summed E-state index contributed by atoms with van der Waals surface area (Å²) in [5, 5.41) is 1.12. The summed E-state index contributed by atoms with van der Waals surface area (Å²) in [5.41, 5.74) is 4.17. The van der Waals surface area contributed by atoms with Crippen molar-refractivity contribution in [3.8, 4) is 0 Å². The van der Waals surface area contributed by atoms with Gasteiger partial charge in [0, 0.05) is 31.0 Å². The molecule has 1 amide bonds. The number of carbonyl (C=O) groups excluding carboxylic acids is 2. The monoisotopic (exact) mass is 342 g/mol. The van der Waals surface area contributed by atoms with Crippen molar-refractivity contribution >= 4 is 22.8 Å². The van der Waals surface area contributed by atoms with Crippen molar-refractivity contribution in [2.75, 3.05) is 19.7 Å². The first kappa shape index (κ1) is 17.5. The van der Waals surface area contributed by atoms with E-state index >= 15 is 0 Å². The van der Waals surface area contributed by atoms with Crippen molar-refractivity contribution in [2.45, 2.75) is 33.6 Å². The molecular formula is C20H26N2O3. The van der Waals surface area contributed by atoms with Gasteiger partial charge in [0.15, 0.2) is 0 Å². The van der Waals surface area contributed by atoms with Crippen LogP contribution in [0.5, 0.6) is 0 Å². The Kier molecular flexibility index (Phi) is 4.84. The molecule has 0 atom stereocenters. The summed E-state index contributed by atoms with van der Waals surface area (Å²) in [5.74, 6) is -0.176. The van der Waals surface area contributed by atoms with Crippen LogP contribution in [-0.4, -0.2) is 41.0 Å². The van der Waals surface area contributed by atoms with E-state index in [1.165, 1.54) is 11.1 Å². The van der Waals surface area contributed by atoms with Crippen molar-refractivity contribution < 1.29 is 14.3 Å². The highest BCUT2D eigenvalue weighted by Gasteiger charge is 2.29. The van der Waals surface area contributed by atoms with Crippen LogP contribution in [0.4, 0.5) is 0 Å². The van der Waals surface area contributed by atoms with Crippen molar-refractivity contribution in [2.24, 2.45) is 13.0 Å². The second kappa shape index (κ2) is 6.90. The van der Waals surface area contributed by atoms with E-state index in [1.54, 1.807) is 0 Å². The third-order valence-corrected chi connectivity index (χ3v) is 5.13. The lowest BCUT2D eigenvalue weighted by Crippen LogP contribution is -2.41. The molecule has 2 heterocycles. The number of nitrogens with zero attached hydrogens (tertiary/aromatic N) is 2. The van der Waals surface area contributed by atoms with E-state index in [0.717, 1.165) is 10.9 Å². The Hall–Kier alpha value is -2.30. The molecule has 0 saturated carbocycles. The van der Waals surface area contributed by atoms with Gasteiger partial charge in [-0.2, -0.15) is 0 Å². The summed E-state index contributed by atoms with van der Waals surface area (Å²) >= 11 is 0. The number of aromatic nitrogens is 1. The molecule has 5 heteroatoms. The van der Waals surface area contributed by atoms with Gasteiger partial charge >= 0.3 is 5.97 Å². The number of piperidine rings is 1. The molecule has 0 bridgehead atoms. The van der Waals surface area contributed by atoms with Crippen LogP contribution < -0.4 is 0 Å². The Morgan fingerprint density at radius 2 is 1.84 bits per heavy atom. The molecule has 0 N–H and O–H groups in total. The summed E-state index contributed by atoms with van der Waals surface area (Å²) in [4.78, 5) is 26.7. The van der Waals surface area contributed by atoms with E-state index < -0.39 is 0 Å². The highest BCUT2D eigenvalue weighted by Crippen LogP contribution is 2.26. The number of fused-ring (bicyclic) bond motifs is 1. The molecule has 2 aromatic rings. The SMILES string of the molecule is CCOC(=O)C1CCN(C(=O)c2cc3c(C)cc(C)cc3n2C)CC1. The number of benzene rings is 1. The van der Waals surface area contributed by atoms with Gasteiger partial charge in [0.2, 0.25) is 0 Å². The molecule has 1 fully saturated rings. The van der Waals surface area contributed by atoms with Crippen molar-refractivity contribution in [1.82, 2.24) is 9.47 Å². The maximum Gasteiger partial charge on any atom is 0.309 e. The summed E-state index contributed by atoms with van der Waals surface area (Å²) in [6.45, 7) is 7.58. The standard InChI is InChI=1S/C20H26N2O3/c1-5-25-20(24)15-6-8-22(9-7-15)19(23)18-12-16-14(3)10-13(2)11-17(16)21(18)4/h10-12,15H,5-9H2,1-4H3. The van der Waals surface area contributed by atoms with Crippen molar-refractivity contribution in [3.05, 3.63) is 35.0 Å². The largest absolute Gasteiger partial charge is 0.466 e. The number of carbonyl (C=O) groups is 2. The third-order valence-electron chi connectivity index (χ3n) is 5.13. The minimum atomic E-state index is -0.134. The number of esters is 1. The van der Waals surface area contributed by atoms with Gasteiger partial charge in [0.25, 0.3) is 5.91 Å². The zero-order valence-corrected chi connectivity index (χ0v) is 15.5. The molecule has 1 aromatic heterocycles. The van der Waals surface area contributed by atoms with Crippen LogP contribution >= 0.6 is 0 Å². The number of amides is 1. The molecule has 1 aliphatic rings. The molecule has 1 aliphatic heterocycles. The smallest absolute Gasteiger partial charge is 0.309 e. The molecule has 0 radical (unpaired) electrons. The summed E-state index contributed by atoms with van der Waals surface area (Å²) in [6.07, 6.45) is 1.35. The van der Waals surface area contributed by atoms with Gasteiger partial charge in [-0.25, -0.2) is 0 Å². The predicted octanol–water partition coefficient (Wildman–Crippen LogP) is 3.21.